The molecule has 0 saturated heterocycles. The third-order valence-corrected chi connectivity index (χ3v) is 3.55. The summed E-state index contributed by atoms with van der Waals surface area (Å²) in [6, 6.07) is 18.5. The fourth-order valence-electron chi connectivity index (χ4n) is 2.41. The summed E-state index contributed by atoms with van der Waals surface area (Å²) in [6.45, 7) is 5.73. The zero-order valence-electron chi connectivity index (χ0n) is 13.6. The van der Waals surface area contributed by atoms with Gasteiger partial charge in [-0.05, 0) is 36.1 Å². The topological polar surface area (TPSA) is 18.5 Å². The van der Waals surface area contributed by atoms with Gasteiger partial charge in [0.25, 0.3) is 0 Å². The van der Waals surface area contributed by atoms with E-state index >= 15 is 0 Å². The van der Waals surface area contributed by atoms with Gasteiger partial charge >= 0.3 is 0 Å². The molecule has 0 aliphatic carbocycles. The van der Waals surface area contributed by atoms with E-state index in [4.69, 9.17) is 9.47 Å². The number of hydrogen-bond acceptors (Lipinski definition) is 2. The van der Waals surface area contributed by atoms with Gasteiger partial charge in [0.15, 0.2) is 0 Å². The van der Waals surface area contributed by atoms with Crippen LogP contribution in [0.4, 0.5) is 0 Å². The number of rotatable bonds is 9. The molecule has 0 amide bonds. The summed E-state index contributed by atoms with van der Waals surface area (Å²) in [5, 5.41) is 0. The average molecular weight is 298 g/mol. The Bertz CT molecular complexity index is 536. The Morgan fingerprint density at radius 2 is 1.73 bits per heavy atom. The summed E-state index contributed by atoms with van der Waals surface area (Å²) in [5.41, 5.74) is 2.39. The second kappa shape index (κ2) is 9.26. The number of hydrogen-bond donors (Lipinski definition) is 0. The molecule has 0 bridgehead atoms. The van der Waals surface area contributed by atoms with E-state index in [2.05, 4.69) is 38.1 Å². The molecule has 0 N–H and O–H groups in total. The highest BCUT2D eigenvalue weighted by molar-refractivity contribution is 5.30. The van der Waals surface area contributed by atoms with Crippen molar-refractivity contribution in [2.24, 2.45) is 0 Å². The van der Waals surface area contributed by atoms with Crippen LogP contribution in [-0.2, 0) is 11.3 Å². The van der Waals surface area contributed by atoms with Gasteiger partial charge in [-0.3, -0.25) is 0 Å². The standard InChI is InChI=1S/C20H26O2/c1-3-9-20(21-14-4-2)18-12-8-13-19(15-18)22-16-17-10-6-5-7-11-17/h5-8,10-13,15,20H,3-4,9,14,16H2,1-2H3. The quantitative estimate of drug-likeness (QED) is 0.605. The molecule has 0 radical (unpaired) electrons. The molecule has 2 nitrogen and oxygen atoms in total. The lowest BCUT2D eigenvalue weighted by Crippen LogP contribution is -2.05. The molecule has 2 aromatic rings. The van der Waals surface area contributed by atoms with Gasteiger partial charge in [0.2, 0.25) is 0 Å². The van der Waals surface area contributed by atoms with Crippen LogP contribution in [0.2, 0.25) is 0 Å². The van der Waals surface area contributed by atoms with Gasteiger partial charge in [0.05, 0.1) is 6.10 Å². The van der Waals surface area contributed by atoms with Crippen LogP contribution in [0.15, 0.2) is 54.6 Å². The fourth-order valence-corrected chi connectivity index (χ4v) is 2.41. The molecule has 1 atom stereocenters. The average Bonchev–Trinajstić information content (AvgIpc) is 2.58. The van der Waals surface area contributed by atoms with Crippen LogP contribution in [0, 0.1) is 0 Å². The maximum Gasteiger partial charge on any atom is 0.120 e. The molecule has 2 rings (SSSR count). The van der Waals surface area contributed by atoms with Crippen LogP contribution in [0.5, 0.6) is 5.75 Å². The fraction of sp³-hybridized carbons (Fsp3) is 0.400. The first-order chi connectivity index (χ1) is 10.8. The van der Waals surface area contributed by atoms with Crippen molar-refractivity contribution in [1.82, 2.24) is 0 Å². The molecule has 0 aliphatic rings. The Labute approximate surface area is 134 Å². The Kier molecular flexibility index (Phi) is 6.98. The van der Waals surface area contributed by atoms with Gasteiger partial charge in [-0.15, -0.1) is 0 Å². The zero-order chi connectivity index (χ0) is 15.6. The van der Waals surface area contributed by atoms with E-state index in [1.807, 2.05) is 30.3 Å². The zero-order valence-corrected chi connectivity index (χ0v) is 13.6. The molecular weight excluding hydrogens is 272 g/mol. The third kappa shape index (κ3) is 5.19. The first kappa shape index (κ1) is 16.6. The van der Waals surface area contributed by atoms with Crippen LogP contribution >= 0.6 is 0 Å². The van der Waals surface area contributed by atoms with Crippen LogP contribution in [0.1, 0.15) is 50.3 Å². The van der Waals surface area contributed by atoms with Crippen molar-refractivity contribution in [3.63, 3.8) is 0 Å². The van der Waals surface area contributed by atoms with Gasteiger partial charge in [-0.1, -0.05) is 62.7 Å². The highest BCUT2D eigenvalue weighted by Crippen LogP contribution is 2.26. The summed E-state index contributed by atoms with van der Waals surface area (Å²) in [4.78, 5) is 0. The van der Waals surface area contributed by atoms with Crippen LogP contribution in [0.3, 0.4) is 0 Å². The highest BCUT2D eigenvalue weighted by Gasteiger charge is 2.11. The lowest BCUT2D eigenvalue weighted by molar-refractivity contribution is 0.0463. The maximum absolute atomic E-state index is 5.98. The van der Waals surface area contributed by atoms with Crippen molar-refractivity contribution in [3.8, 4) is 5.75 Å². The first-order valence-electron chi connectivity index (χ1n) is 8.21. The Morgan fingerprint density at radius 3 is 2.45 bits per heavy atom. The Balaban J connectivity index is 2.01. The van der Waals surface area contributed by atoms with Gasteiger partial charge in [0.1, 0.15) is 12.4 Å². The van der Waals surface area contributed by atoms with Crippen LogP contribution in [0.25, 0.3) is 0 Å². The SMILES string of the molecule is CCCOC(CCC)c1cccc(OCc2ccccc2)c1. The molecule has 118 valence electrons. The molecular formula is C20H26O2. The first-order valence-corrected chi connectivity index (χ1v) is 8.21. The smallest absolute Gasteiger partial charge is 0.120 e. The minimum Gasteiger partial charge on any atom is -0.489 e. The summed E-state index contributed by atoms with van der Waals surface area (Å²) >= 11 is 0. The lowest BCUT2D eigenvalue weighted by atomic mass is 10.0. The Morgan fingerprint density at radius 1 is 0.909 bits per heavy atom. The number of ether oxygens (including phenoxy) is 2. The van der Waals surface area contributed by atoms with E-state index in [0.29, 0.717) is 6.61 Å². The highest BCUT2D eigenvalue weighted by atomic mass is 16.5. The van der Waals surface area contributed by atoms with Gasteiger partial charge in [-0.25, -0.2) is 0 Å². The van der Waals surface area contributed by atoms with E-state index in [9.17, 15) is 0 Å². The van der Waals surface area contributed by atoms with Crippen molar-refractivity contribution in [3.05, 3.63) is 65.7 Å². The molecule has 0 aromatic heterocycles. The Hall–Kier alpha value is -1.80. The maximum atomic E-state index is 5.98. The van der Waals surface area contributed by atoms with E-state index in [1.54, 1.807) is 0 Å². The van der Waals surface area contributed by atoms with Gasteiger partial charge in [0, 0.05) is 6.61 Å². The summed E-state index contributed by atoms with van der Waals surface area (Å²) in [7, 11) is 0. The molecule has 2 heteroatoms. The second-order valence-electron chi connectivity index (χ2n) is 5.49. The molecule has 1 unspecified atom stereocenters. The van der Waals surface area contributed by atoms with Gasteiger partial charge < -0.3 is 9.47 Å². The second-order valence-corrected chi connectivity index (χ2v) is 5.49. The van der Waals surface area contributed by atoms with Crippen molar-refractivity contribution in [2.45, 2.75) is 45.8 Å². The van der Waals surface area contributed by atoms with Crippen molar-refractivity contribution < 1.29 is 9.47 Å². The van der Waals surface area contributed by atoms with Crippen molar-refractivity contribution >= 4 is 0 Å². The predicted octanol–water partition coefficient (Wildman–Crippen LogP) is 5.53. The predicted molar refractivity (Wildman–Crippen MR) is 91.1 cm³/mol. The molecule has 0 spiro atoms. The van der Waals surface area contributed by atoms with Crippen LogP contribution < -0.4 is 4.74 Å². The molecule has 0 aliphatic heterocycles. The monoisotopic (exact) mass is 298 g/mol. The molecule has 22 heavy (non-hydrogen) atoms. The van der Waals surface area contributed by atoms with Crippen molar-refractivity contribution in [1.29, 1.82) is 0 Å². The summed E-state index contributed by atoms with van der Waals surface area (Å²) < 4.78 is 11.9. The summed E-state index contributed by atoms with van der Waals surface area (Å²) in [5.74, 6) is 0.905. The molecule has 0 heterocycles. The normalized spacial score (nSPS) is 12.1. The lowest BCUT2D eigenvalue weighted by Gasteiger charge is -2.18. The van der Waals surface area contributed by atoms with Crippen molar-refractivity contribution in [2.75, 3.05) is 6.61 Å². The molecule has 0 saturated carbocycles. The van der Waals surface area contributed by atoms with Gasteiger partial charge in [-0.2, -0.15) is 0 Å². The molecule has 2 aromatic carbocycles. The summed E-state index contributed by atoms with van der Waals surface area (Å²) in [6.07, 6.45) is 3.38. The molecule has 0 fully saturated rings. The minimum absolute atomic E-state index is 0.172. The largest absolute Gasteiger partial charge is 0.489 e. The van der Waals surface area contributed by atoms with E-state index in [-0.39, 0.29) is 6.10 Å². The van der Waals surface area contributed by atoms with E-state index in [1.165, 1.54) is 11.1 Å². The van der Waals surface area contributed by atoms with E-state index in [0.717, 1.165) is 31.6 Å². The van der Waals surface area contributed by atoms with E-state index < -0.39 is 0 Å². The third-order valence-electron chi connectivity index (χ3n) is 3.55. The minimum atomic E-state index is 0.172. The number of benzene rings is 2. The van der Waals surface area contributed by atoms with Crippen LogP contribution in [-0.4, -0.2) is 6.61 Å².